The molecule has 0 fully saturated rings. The van der Waals surface area contributed by atoms with Gasteiger partial charge in [-0.15, -0.1) is 0 Å². The Morgan fingerprint density at radius 1 is 0.400 bits per heavy atom. The lowest BCUT2D eigenvalue weighted by Crippen LogP contribution is -2.45. The molecule has 1 amide bonds. The predicted molar refractivity (Wildman–Crippen MR) is 306 cm³/mol. The van der Waals surface area contributed by atoms with Gasteiger partial charge in [0.1, 0.15) is 0 Å². The molecule has 2 unspecified atom stereocenters. The van der Waals surface area contributed by atoms with Gasteiger partial charge in [-0.2, -0.15) is 0 Å². The molecule has 70 heavy (non-hydrogen) atoms. The van der Waals surface area contributed by atoms with Crippen LogP contribution in [0.5, 0.6) is 0 Å². The monoisotopic (exact) mass is 984 g/mol. The minimum absolute atomic E-state index is 0.00925. The molecule has 0 saturated heterocycles. The molecule has 0 rings (SSSR count). The van der Waals surface area contributed by atoms with Crippen molar-refractivity contribution in [2.24, 2.45) is 0 Å². The fourth-order valence-electron chi connectivity index (χ4n) is 9.63. The van der Waals surface area contributed by atoms with Gasteiger partial charge in [0.15, 0.2) is 0 Å². The smallest absolute Gasteiger partial charge is 0.305 e. The number of hydrogen-bond donors (Lipinski definition) is 3. The van der Waals surface area contributed by atoms with Gasteiger partial charge in [-0.1, -0.05) is 294 Å². The first-order chi connectivity index (χ1) is 34.5. The summed E-state index contributed by atoms with van der Waals surface area (Å²) in [6.07, 6.45) is 74.7. The van der Waals surface area contributed by atoms with Gasteiger partial charge in [0.25, 0.3) is 0 Å². The summed E-state index contributed by atoms with van der Waals surface area (Å²) in [6.45, 7) is 4.88. The van der Waals surface area contributed by atoms with Crippen molar-refractivity contribution in [3.8, 4) is 0 Å². The topological polar surface area (TPSA) is 95.9 Å². The van der Waals surface area contributed by atoms with E-state index in [4.69, 9.17) is 4.74 Å². The zero-order valence-corrected chi connectivity index (χ0v) is 47.0. The lowest BCUT2D eigenvalue weighted by atomic mass is 10.0. The van der Waals surface area contributed by atoms with Gasteiger partial charge >= 0.3 is 5.97 Å². The molecule has 0 radical (unpaired) electrons. The molecular formula is C64H121NO5. The number of rotatable bonds is 58. The lowest BCUT2D eigenvalue weighted by Gasteiger charge is -2.20. The summed E-state index contributed by atoms with van der Waals surface area (Å²) in [5.74, 6) is -0.0860. The molecule has 0 aromatic rings. The van der Waals surface area contributed by atoms with E-state index < -0.39 is 12.1 Å². The molecule has 6 nitrogen and oxygen atoms in total. The third-order valence-electron chi connectivity index (χ3n) is 14.4. The van der Waals surface area contributed by atoms with Gasteiger partial charge < -0.3 is 20.3 Å². The van der Waals surface area contributed by atoms with Crippen molar-refractivity contribution in [2.75, 3.05) is 13.2 Å². The van der Waals surface area contributed by atoms with Crippen LogP contribution in [0.4, 0.5) is 0 Å². The number of aliphatic hydroxyl groups excluding tert-OH is 2. The fraction of sp³-hybridized carbons (Fsp3) is 0.875. The first kappa shape index (κ1) is 68.1. The summed E-state index contributed by atoms with van der Waals surface area (Å²) in [6, 6.07) is -0.636. The first-order valence-electron chi connectivity index (χ1n) is 31.3. The number of amides is 1. The van der Waals surface area contributed by atoms with E-state index in [9.17, 15) is 19.8 Å². The minimum Gasteiger partial charge on any atom is -0.466 e. The predicted octanol–water partition coefficient (Wildman–Crippen LogP) is 19.6. The molecular weight excluding hydrogens is 863 g/mol. The van der Waals surface area contributed by atoms with Gasteiger partial charge in [0, 0.05) is 12.8 Å². The summed E-state index contributed by atoms with van der Waals surface area (Å²) < 4.78 is 5.47. The number of hydrogen-bond acceptors (Lipinski definition) is 5. The van der Waals surface area contributed by atoms with Crippen LogP contribution in [0.3, 0.4) is 0 Å². The highest BCUT2D eigenvalue weighted by atomic mass is 16.5. The van der Waals surface area contributed by atoms with Crippen LogP contribution in [0.25, 0.3) is 0 Å². The number of carbonyl (C=O) groups excluding carboxylic acids is 2. The van der Waals surface area contributed by atoms with Crippen molar-refractivity contribution in [2.45, 2.75) is 347 Å². The molecule has 0 saturated carbocycles. The molecule has 0 aliphatic heterocycles. The number of ether oxygens (including phenoxy) is 1. The van der Waals surface area contributed by atoms with Crippen LogP contribution in [0.15, 0.2) is 36.5 Å². The molecule has 412 valence electrons. The Hall–Kier alpha value is -1.92. The van der Waals surface area contributed by atoms with E-state index in [0.717, 1.165) is 77.0 Å². The van der Waals surface area contributed by atoms with Crippen molar-refractivity contribution >= 4 is 11.9 Å². The van der Waals surface area contributed by atoms with Crippen molar-refractivity contribution in [3.05, 3.63) is 36.5 Å². The van der Waals surface area contributed by atoms with Crippen molar-refractivity contribution in [1.29, 1.82) is 0 Å². The molecule has 0 spiro atoms. The van der Waals surface area contributed by atoms with Crippen LogP contribution in [0, 0.1) is 0 Å². The maximum atomic E-state index is 12.5. The highest BCUT2D eigenvalue weighted by Gasteiger charge is 2.18. The highest BCUT2D eigenvalue weighted by molar-refractivity contribution is 5.76. The van der Waals surface area contributed by atoms with E-state index in [1.54, 1.807) is 6.08 Å². The zero-order chi connectivity index (χ0) is 50.7. The third kappa shape index (κ3) is 55.4. The highest BCUT2D eigenvalue weighted by Crippen LogP contribution is 2.17. The molecule has 0 bridgehead atoms. The number of allylic oxidation sites excluding steroid dienone is 5. The molecule has 3 N–H and O–H groups in total. The molecule has 0 aromatic heterocycles. The quantitative estimate of drug-likeness (QED) is 0.0244. The molecule has 2 atom stereocenters. The van der Waals surface area contributed by atoms with Gasteiger partial charge in [-0.05, 0) is 64.2 Å². The number of esters is 1. The third-order valence-corrected chi connectivity index (χ3v) is 14.4. The molecule has 0 aromatic carbocycles. The molecule has 6 heteroatoms. The van der Waals surface area contributed by atoms with E-state index in [0.29, 0.717) is 19.4 Å². The molecule has 0 aliphatic carbocycles. The van der Waals surface area contributed by atoms with Crippen LogP contribution in [-0.2, 0) is 14.3 Å². The second kappa shape index (κ2) is 59.6. The lowest BCUT2D eigenvalue weighted by molar-refractivity contribution is -0.143. The van der Waals surface area contributed by atoms with Crippen LogP contribution in [0.2, 0.25) is 0 Å². The Balaban J connectivity index is 3.47. The Morgan fingerprint density at radius 3 is 1.06 bits per heavy atom. The van der Waals surface area contributed by atoms with Crippen molar-refractivity contribution in [3.63, 3.8) is 0 Å². The van der Waals surface area contributed by atoms with Crippen LogP contribution < -0.4 is 5.32 Å². The van der Waals surface area contributed by atoms with E-state index in [1.807, 2.05) is 6.08 Å². The van der Waals surface area contributed by atoms with E-state index in [2.05, 4.69) is 43.5 Å². The largest absolute Gasteiger partial charge is 0.466 e. The van der Waals surface area contributed by atoms with Crippen LogP contribution in [0.1, 0.15) is 335 Å². The SMILES string of the molecule is CCCCCCCCCCCCCCC/C=C/C(O)C(CO)NC(=O)CCCCCCCCCCCC/C=C\C=C/CCCCCOC(=O)CCCCCCCCCCCCCCCCCCCCC. The van der Waals surface area contributed by atoms with E-state index >= 15 is 0 Å². The number of aliphatic hydroxyl groups is 2. The van der Waals surface area contributed by atoms with Crippen LogP contribution in [-0.4, -0.2) is 47.4 Å². The van der Waals surface area contributed by atoms with E-state index in [-0.39, 0.29) is 18.5 Å². The van der Waals surface area contributed by atoms with Gasteiger partial charge in [-0.25, -0.2) is 0 Å². The minimum atomic E-state index is -0.851. The summed E-state index contributed by atoms with van der Waals surface area (Å²) in [7, 11) is 0. The Labute approximate surface area is 436 Å². The van der Waals surface area contributed by atoms with E-state index in [1.165, 1.54) is 231 Å². The fourth-order valence-corrected chi connectivity index (χ4v) is 9.63. The average Bonchev–Trinajstić information content (AvgIpc) is 3.36. The summed E-state index contributed by atoms with van der Waals surface area (Å²) in [5.41, 5.74) is 0. The molecule has 0 aliphatic rings. The number of unbranched alkanes of at least 4 members (excludes halogenated alkanes) is 44. The number of carbonyl (C=O) groups is 2. The van der Waals surface area contributed by atoms with Crippen molar-refractivity contribution in [1.82, 2.24) is 5.32 Å². The normalized spacial score (nSPS) is 12.8. The molecule has 0 heterocycles. The van der Waals surface area contributed by atoms with Crippen LogP contribution >= 0.6 is 0 Å². The number of nitrogens with one attached hydrogen (secondary N) is 1. The average molecular weight is 985 g/mol. The first-order valence-corrected chi connectivity index (χ1v) is 31.3. The Bertz CT molecular complexity index is 1130. The van der Waals surface area contributed by atoms with Gasteiger partial charge in [-0.3, -0.25) is 9.59 Å². The second-order valence-electron chi connectivity index (χ2n) is 21.4. The Morgan fingerprint density at radius 2 is 0.700 bits per heavy atom. The zero-order valence-electron chi connectivity index (χ0n) is 47.0. The summed E-state index contributed by atoms with van der Waals surface area (Å²) in [4.78, 5) is 24.5. The maximum Gasteiger partial charge on any atom is 0.305 e. The summed E-state index contributed by atoms with van der Waals surface area (Å²) >= 11 is 0. The Kier molecular flexibility index (Phi) is 58.0. The van der Waals surface area contributed by atoms with Gasteiger partial charge in [0.05, 0.1) is 25.4 Å². The van der Waals surface area contributed by atoms with Crippen molar-refractivity contribution < 1.29 is 24.5 Å². The second-order valence-corrected chi connectivity index (χ2v) is 21.4. The maximum absolute atomic E-state index is 12.5. The standard InChI is InChI=1S/C64H121NO5/c1-3-5-7-9-11-13-15-17-19-20-22-26-30-34-38-42-46-50-54-58-64(69)70-59-55-51-47-43-39-35-31-27-24-21-23-25-29-33-37-41-45-49-53-57-63(68)65-61(60-66)62(67)56-52-48-44-40-36-32-28-18-16-14-12-10-8-6-4-2/h27,31,35,39,52,56,61-62,66-67H,3-26,28-30,32-34,36-38,40-51,53-55,57-60H2,1-2H3,(H,65,68)/b31-27-,39-35-,56-52+. The summed E-state index contributed by atoms with van der Waals surface area (Å²) in [5, 5.41) is 23.1. The van der Waals surface area contributed by atoms with Gasteiger partial charge in [0.2, 0.25) is 5.91 Å².